The molecule has 2 aliphatic heterocycles. The predicted molar refractivity (Wildman–Crippen MR) is 135 cm³/mol. The van der Waals surface area contributed by atoms with Gasteiger partial charge in [0.15, 0.2) is 11.6 Å². The Morgan fingerprint density at radius 3 is 2.67 bits per heavy atom. The lowest BCUT2D eigenvalue weighted by Gasteiger charge is -2.44. The average Bonchev–Trinajstić information content (AvgIpc) is 3.45. The molecule has 36 heavy (non-hydrogen) atoms. The Labute approximate surface area is 209 Å². The van der Waals surface area contributed by atoms with Gasteiger partial charge in [0.2, 0.25) is 0 Å². The zero-order valence-electron chi connectivity index (χ0n) is 20.9. The van der Waals surface area contributed by atoms with Gasteiger partial charge >= 0.3 is 0 Å². The zero-order valence-corrected chi connectivity index (χ0v) is 20.9. The molecule has 2 saturated heterocycles. The van der Waals surface area contributed by atoms with Crippen LogP contribution in [0.1, 0.15) is 39.5 Å². The molecule has 2 aromatic heterocycles. The van der Waals surface area contributed by atoms with E-state index >= 15 is 4.39 Å². The second-order valence-corrected chi connectivity index (χ2v) is 10.9. The van der Waals surface area contributed by atoms with E-state index in [0.29, 0.717) is 36.3 Å². The van der Waals surface area contributed by atoms with Crippen molar-refractivity contribution in [2.45, 2.75) is 56.8 Å². The molecule has 1 atom stereocenters. The number of hydrogen-bond acceptors (Lipinski definition) is 7. The largest absolute Gasteiger partial charge is 0.484 e. The van der Waals surface area contributed by atoms with Crippen LogP contribution in [0.4, 0.5) is 14.6 Å². The number of hydrogen-bond donors (Lipinski definition) is 2. The van der Waals surface area contributed by atoms with E-state index in [0.717, 1.165) is 56.8 Å². The van der Waals surface area contributed by atoms with Crippen LogP contribution in [0.5, 0.6) is 5.75 Å². The maximum Gasteiger partial charge on any atom is 0.167 e. The molecular formula is C26H33F2N7O. The van der Waals surface area contributed by atoms with E-state index in [4.69, 9.17) is 4.74 Å². The maximum absolute atomic E-state index is 15.3. The normalized spacial score (nSPS) is 23.7. The lowest BCUT2D eigenvalue weighted by Crippen LogP contribution is -2.57. The van der Waals surface area contributed by atoms with Crippen molar-refractivity contribution in [2.24, 2.45) is 0 Å². The number of nitrogens with zero attached hydrogens (tertiary/aromatic N) is 5. The second-order valence-electron chi connectivity index (χ2n) is 10.9. The third-order valence-corrected chi connectivity index (χ3v) is 7.90. The number of aromatic nitrogens is 4. The molecule has 8 nitrogen and oxygen atoms in total. The number of fused-ring (bicyclic) bond motifs is 1. The Kier molecular flexibility index (Phi) is 5.83. The van der Waals surface area contributed by atoms with Crippen LogP contribution in [-0.2, 0) is 0 Å². The van der Waals surface area contributed by atoms with Crippen LogP contribution in [0.2, 0.25) is 0 Å². The topological polar surface area (TPSA) is 82.2 Å². The van der Waals surface area contributed by atoms with Crippen molar-refractivity contribution in [1.82, 2.24) is 30.4 Å². The minimum Gasteiger partial charge on any atom is -0.484 e. The van der Waals surface area contributed by atoms with E-state index < -0.39 is 11.5 Å². The fourth-order valence-electron chi connectivity index (χ4n) is 5.32. The van der Waals surface area contributed by atoms with Crippen molar-refractivity contribution >= 4 is 16.7 Å². The first-order valence-corrected chi connectivity index (χ1v) is 12.9. The number of ether oxygens (including phenoxy) is 1. The lowest BCUT2D eigenvalue weighted by molar-refractivity contribution is 0.0412. The van der Waals surface area contributed by atoms with Gasteiger partial charge in [-0.15, -0.1) is 0 Å². The van der Waals surface area contributed by atoms with Gasteiger partial charge in [0, 0.05) is 49.7 Å². The number of alkyl halides is 1. The highest BCUT2D eigenvalue weighted by Crippen LogP contribution is 2.41. The summed E-state index contributed by atoms with van der Waals surface area (Å²) >= 11 is 0. The molecule has 6 rings (SSSR count). The fraction of sp³-hybridized carbons (Fsp3) is 0.577. The van der Waals surface area contributed by atoms with Gasteiger partial charge in [-0.25, -0.2) is 18.7 Å². The Balaban J connectivity index is 1.20. The van der Waals surface area contributed by atoms with Gasteiger partial charge in [-0.3, -0.25) is 10.00 Å². The Bertz CT molecular complexity index is 1250. The summed E-state index contributed by atoms with van der Waals surface area (Å²) in [5.41, 5.74) is 0.500. The fourth-order valence-corrected chi connectivity index (χ4v) is 5.32. The predicted octanol–water partition coefficient (Wildman–Crippen LogP) is 3.69. The highest BCUT2D eigenvalue weighted by molar-refractivity contribution is 5.93. The van der Waals surface area contributed by atoms with Crippen molar-refractivity contribution in [3.63, 3.8) is 0 Å². The number of halogens is 2. The first-order chi connectivity index (χ1) is 17.3. The first-order valence-electron chi connectivity index (χ1n) is 12.9. The molecule has 0 radical (unpaired) electrons. The van der Waals surface area contributed by atoms with Crippen LogP contribution in [0.25, 0.3) is 22.3 Å². The number of piperazine rings is 1. The molecular weight excluding hydrogens is 464 g/mol. The molecule has 0 unspecified atom stereocenters. The van der Waals surface area contributed by atoms with E-state index in [1.807, 2.05) is 13.0 Å². The van der Waals surface area contributed by atoms with Gasteiger partial charge in [-0.1, -0.05) is 0 Å². The minimum atomic E-state index is -1.11. The van der Waals surface area contributed by atoms with E-state index in [9.17, 15) is 4.39 Å². The Morgan fingerprint density at radius 1 is 1.11 bits per heavy atom. The van der Waals surface area contributed by atoms with Gasteiger partial charge in [0.05, 0.1) is 11.2 Å². The number of nitrogens with one attached hydrogen (secondary N) is 2. The van der Waals surface area contributed by atoms with Crippen LogP contribution >= 0.6 is 0 Å². The zero-order chi connectivity index (χ0) is 24.9. The van der Waals surface area contributed by atoms with Crippen LogP contribution in [-0.4, -0.2) is 81.6 Å². The quantitative estimate of drug-likeness (QED) is 0.538. The van der Waals surface area contributed by atoms with Crippen molar-refractivity contribution in [1.29, 1.82) is 0 Å². The summed E-state index contributed by atoms with van der Waals surface area (Å²) in [6.45, 7) is 8.42. The van der Waals surface area contributed by atoms with Gasteiger partial charge < -0.3 is 15.0 Å². The number of H-pyrrole nitrogens is 1. The summed E-state index contributed by atoms with van der Waals surface area (Å²) in [5.74, 6) is 0.646. The Hall–Kier alpha value is -2.85. The molecule has 0 bridgehead atoms. The molecule has 0 spiro atoms. The molecule has 3 aromatic rings. The summed E-state index contributed by atoms with van der Waals surface area (Å²) in [6, 6.07) is 5.27. The van der Waals surface area contributed by atoms with Gasteiger partial charge in [-0.2, -0.15) is 5.10 Å². The van der Waals surface area contributed by atoms with E-state index in [-0.39, 0.29) is 17.4 Å². The van der Waals surface area contributed by atoms with E-state index in [1.54, 1.807) is 12.4 Å². The van der Waals surface area contributed by atoms with Crippen LogP contribution < -0.4 is 15.0 Å². The molecule has 4 heterocycles. The van der Waals surface area contributed by atoms with Crippen molar-refractivity contribution in [2.75, 3.05) is 44.2 Å². The van der Waals surface area contributed by atoms with Crippen molar-refractivity contribution in [3.05, 3.63) is 30.3 Å². The summed E-state index contributed by atoms with van der Waals surface area (Å²) in [6.07, 6.45) is 4.53. The van der Waals surface area contributed by atoms with Crippen LogP contribution in [0.3, 0.4) is 0 Å². The number of benzene rings is 1. The smallest absolute Gasteiger partial charge is 0.167 e. The highest BCUT2D eigenvalue weighted by Gasteiger charge is 2.41. The molecule has 10 heteroatoms. The molecule has 3 aliphatic rings. The average molecular weight is 498 g/mol. The third kappa shape index (κ3) is 4.64. The molecule has 192 valence electrons. The third-order valence-electron chi connectivity index (χ3n) is 7.90. The molecule has 3 fully saturated rings. The minimum absolute atomic E-state index is 0.206. The monoisotopic (exact) mass is 497 g/mol. The van der Waals surface area contributed by atoms with Crippen molar-refractivity contribution in [3.8, 4) is 17.1 Å². The second kappa shape index (κ2) is 8.92. The van der Waals surface area contributed by atoms with Crippen LogP contribution in [0, 0.1) is 5.82 Å². The number of piperidine rings is 1. The van der Waals surface area contributed by atoms with Gasteiger partial charge in [0.1, 0.15) is 29.1 Å². The van der Waals surface area contributed by atoms with Crippen LogP contribution in [0.15, 0.2) is 24.5 Å². The van der Waals surface area contributed by atoms with E-state index in [2.05, 4.69) is 42.2 Å². The van der Waals surface area contributed by atoms with E-state index in [1.165, 1.54) is 6.07 Å². The Morgan fingerprint density at radius 2 is 1.92 bits per heavy atom. The SMILES string of the molecule is C[C@H]1CN(c2cc(-c3n[nH]c4cc(F)c(OC5(C)CC5)cc34)ncn2)CCN1CC1(F)CCNCC1. The summed E-state index contributed by atoms with van der Waals surface area (Å²) in [5, 5.41) is 11.4. The highest BCUT2D eigenvalue weighted by atomic mass is 19.1. The first kappa shape index (κ1) is 23.5. The lowest BCUT2D eigenvalue weighted by atomic mass is 9.93. The molecule has 0 amide bonds. The number of anilines is 1. The van der Waals surface area contributed by atoms with Gasteiger partial charge in [0.25, 0.3) is 0 Å². The van der Waals surface area contributed by atoms with Gasteiger partial charge in [-0.05, 0) is 58.7 Å². The molecule has 1 aromatic carbocycles. The number of aromatic amines is 1. The summed E-state index contributed by atoms with van der Waals surface area (Å²) in [7, 11) is 0. The number of rotatable bonds is 6. The summed E-state index contributed by atoms with van der Waals surface area (Å²) in [4.78, 5) is 13.5. The molecule has 1 saturated carbocycles. The maximum atomic E-state index is 15.3. The van der Waals surface area contributed by atoms with Crippen molar-refractivity contribution < 1.29 is 13.5 Å². The molecule has 2 N–H and O–H groups in total. The summed E-state index contributed by atoms with van der Waals surface area (Å²) < 4.78 is 35.8. The molecule has 1 aliphatic carbocycles. The standard InChI is InChI=1S/C26H33F2N7O/c1-17-14-34(9-10-35(17)15-26(28)5-7-29-8-6-26)23-13-21(30-16-31-23)24-18-11-22(36-25(2)3-4-25)19(27)12-20(18)32-33-24/h11-13,16-17,29H,3-10,14-15H2,1-2H3,(H,32,33)/t17-/m0/s1.